The number of esters is 1. The van der Waals surface area contributed by atoms with Crippen molar-refractivity contribution in [1.29, 1.82) is 0 Å². The minimum absolute atomic E-state index is 0.205. The predicted octanol–water partition coefficient (Wildman–Crippen LogP) is 5.82. The Balaban J connectivity index is 1.62. The maximum atomic E-state index is 13.1. The van der Waals surface area contributed by atoms with Gasteiger partial charge < -0.3 is 10.1 Å². The van der Waals surface area contributed by atoms with Crippen LogP contribution in [0.2, 0.25) is 5.02 Å². The van der Waals surface area contributed by atoms with Crippen LogP contribution in [0.15, 0.2) is 72.8 Å². The lowest BCUT2D eigenvalue weighted by Gasteiger charge is -2.15. The van der Waals surface area contributed by atoms with Gasteiger partial charge in [0.1, 0.15) is 0 Å². The van der Waals surface area contributed by atoms with Gasteiger partial charge in [0, 0.05) is 0 Å². The van der Waals surface area contributed by atoms with Crippen LogP contribution in [0.4, 0.5) is 18.9 Å². The van der Waals surface area contributed by atoms with Gasteiger partial charge >= 0.3 is 12.1 Å². The van der Waals surface area contributed by atoms with Crippen molar-refractivity contribution in [1.82, 2.24) is 0 Å². The highest BCUT2D eigenvalue weighted by Gasteiger charge is 2.34. The molecule has 154 valence electrons. The molecule has 0 saturated carbocycles. The number of hydrogen-bond donors (Lipinski definition) is 1. The summed E-state index contributed by atoms with van der Waals surface area (Å²) in [6.45, 7) is -0.762. The molecule has 0 radical (unpaired) electrons. The topological polar surface area (TPSA) is 55.4 Å². The van der Waals surface area contributed by atoms with E-state index in [0.29, 0.717) is 0 Å². The van der Waals surface area contributed by atoms with Gasteiger partial charge in [-0.15, -0.1) is 0 Å². The molecule has 0 heterocycles. The Kier molecular flexibility index (Phi) is 6.42. The van der Waals surface area contributed by atoms with Gasteiger partial charge in [-0.3, -0.25) is 4.79 Å². The Labute approximate surface area is 175 Å². The van der Waals surface area contributed by atoms with Crippen LogP contribution in [0.5, 0.6) is 0 Å². The number of hydrogen-bond acceptors (Lipinski definition) is 3. The summed E-state index contributed by atoms with van der Waals surface area (Å²) < 4.78 is 44.1. The van der Waals surface area contributed by atoms with E-state index in [2.05, 4.69) is 5.32 Å². The molecule has 8 heteroatoms. The van der Waals surface area contributed by atoms with E-state index >= 15 is 0 Å². The molecule has 4 nitrogen and oxygen atoms in total. The van der Waals surface area contributed by atoms with Crippen molar-refractivity contribution in [3.05, 3.63) is 88.9 Å². The second kappa shape index (κ2) is 9.00. The fourth-order valence-corrected chi connectivity index (χ4v) is 2.93. The summed E-state index contributed by atoms with van der Waals surface area (Å²) >= 11 is 5.78. The monoisotopic (exact) mass is 433 g/mol. The molecule has 0 aliphatic rings. The lowest BCUT2D eigenvalue weighted by atomic mass is 10.0. The fourth-order valence-electron chi connectivity index (χ4n) is 2.71. The summed E-state index contributed by atoms with van der Waals surface area (Å²) in [7, 11) is 0. The van der Waals surface area contributed by atoms with Gasteiger partial charge in [0.05, 0.1) is 21.8 Å². The van der Waals surface area contributed by atoms with Crippen LogP contribution in [0, 0.1) is 0 Å². The summed E-state index contributed by atoms with van der Waals surface area (Å²) in [4.78, 5) is 24.1. The van der Waals surface area contributed by atoms with Crippen molar-refractivity contribution in [3.63, 3.8) is 0 Å². The number of benzene rings is 3. The van der Waals surface area contributed by atoms with Crippen LogP contribution < -0.4 is 5.32 Å². The summed E-state index contributed by atoms with van der Waals surface area (Å²) in [5.41, 5.74) is 0.391. The zero-order valence-electron chi connectivity index (χ0n) is 15.4. The molecule has 1 amide bonds. The van der Waals surface area contributed by atoms with E-state index in [0.717, 1.165) is 23.3 Å². The molecule has 0 fully saturated rings. The zero-order valence-corrected chi connectivity index (χ0v) is 16.1. The van der Waals surface area contributed by atoms with Crippen molar-refractivity contribution in [2.75, 3.05) is 11.9 Å². The lowest BCUT2D eigenvalue weighted by Crippen LogP contribution is -2.23. The van der Waals surface area contributed by atoms with E-state index < -0.39 is 35.9 Å². The van der Waals surface area contributed by atoms with Crippen LogP contribution in [0.25, 0.3) is 11.1 Å². The smallest absolute Gasteiger partial charge is 0.418 e. The predicted molar refractivity (Wildman–Crippen MR) is 107 cm³/mol. The van der Waals surface area contributed by atoms with Crippen LogP contribution >= 0.6 is 11.6 Å². The molecular formula is C22H15ClF3NO3. The number of alkyl halides is 3. The first-order chi connectivity index (χ1) is 14.3. The zero-order chi connectivity index (χ0) is 21.7. The third kappa shape index (κ3) is 5.18. The molecule has 1 N–H and O–H groups in total. The minimum Gasteiger partial charge on any atom is -0.452 e. The van der Waals surface area contributed by atoms with E-state index in [1.54, 1.807) is 24.3 Å². The second-order valence-electron chi connectivity index (χ2n) is 6.23. The van der Waals surface area contributed by atoms with Crippen LogP contribution in [-0.2, 0) is 15.7 Å². The lowest BCUT2D eigenvalue weighted by molar-refractivity contribution is -0.137. The normalized spacial score (nSPS) is 11.1. The number of para-hydroxylation sites is 1. The van der Waals surface area contributed by atoms with E-state index in [-0.39, 0.29) is 10.6 Å². The number of carbonyl (C=O) groups is 2. The van der Waals surface area contributed by atoms with Crippen molar-refractivity contribution in [2.45, 2.75) is 6.18 Å². The number of rotatable bonds is 5. The molecule has 3 aromatic rings. The van der Waals surface area contributed by atoms with E-state index in [1.165, 1.54) is 6.07 Å². The maximum Gasteiger partial charge on any atom is 0.418 e. The minimum atomic E-state index is -4.70. The molecule has 0 atom stereocenters. The molecule has 3 rings (SSSR count). The SMILES string of the molecule is O=C(COC(=O)c1ccc(-c2ccccc2)cc1)Nc1c(Cl)cccc1C(F)(F)F. The highest BCUT2D eigenvalue weighted by atomic mass is 35.5. The molecule has 0 bridgehead atoms. The van der Waals surface area contributed by atoms with E-state index in [1.807, 2.05) is 30.3 Å². The van der Waals surface area contributed by atoms with Gasteiger partial charge in [0.15, 0.2) is 6.61 Å². The Morgan fingerprint density at radius 2 is 1.50 bits per heavy atom. The molecule has 0 saturated heterocycles. The van der Waals surface area contributed by atoms with Gasteiger partial charge in [-0.2, -0.15) is 13.2 Å². The first-order valence-electron chi connectivity index (χ1n) is 8.74. The van der Waals surface area contributed by atoms with Crippen molar-refractivity contribution >= 4 is 29.2 Å². The van der Waals surface area contributed by atoms with Gasteiger partial charge in [-0.25, -0.2) is 4.79 Å². The number of halogens is 4. The van der Waals surface area contributed by atoms with Crippen LogP contribution in [-0.4, -0.2) is 18.5 Å². The fraction of sp³-hybridized carbons (Fsp3) is 0.0909. The highest BCUT2D eigenvalue weighted by molar-refractivity contribution is 6.34. The summed E-state index contributed by atoms with van der Waals surface area (Å²) in [5, 5.41) is 1.78. The first kappa shape index (κ1) is 21.4. The molecule has 30 heavy (non-hydrogen) atoms. The molecular weight excluding hydrogens is 419 g/mol. The van der Waals surface area contributed by atoms with Crippen molar-refractivity contribution in [3.8, 4) is 11.1 Å². The number of anilines is 1. The maximum absolute atomic E-state index is 13.1. The first-order valence-corrected chi connectivity index (χ1v) is 9.11. The van der Waals surface area contributed by atoms with E-state index in [9.17, 15) is 22.8 Å². The average Bonchev–Trinajstić information content (AvgIpc) is 2.73. The third-order valence-corrected chi connectivity index (χ3v) is 4.46. The van der Waals surface area contributed by atoms with E-state index in [4.69, 9.17) is 16.3 Å². The van der Waals surface area contributed by atoms with Crippen LogP contribution in [0.3, 0.4) is 0 Å². The molecule has 0 aliphatic heterocycles. The Hall–Kier alpha value is -3.32. The van der Waals surface area contributed by atoms with Crippen molar-refractivity contribution in [2.24, 2.45) is 0 Å². The van der Waals surface area contributed by atoms with Crippen LogP contribution in [0.1, 0.15) is 15.9 Å². The Morgan fingerprint density at radius 1 is 0.867 bits per heavy atom. The summed E-state index contributed by atoms with van der Waals surface area (Å²) in [6.07, 6.45) is -4.70. The van der Waals surface area contributed by atoms with Gasteiger partial charge in [-0.05, 0) is 35.4 Å². The number of nitrogens with one attached hydrogen (secondary N) is 1. The number of carbonyl (C=O) groups excluding carboxylic acids is 2. The largest absolute Gasteiger partial charge is 0.452 e. The quantitative estimate of drug-likeness (QED) is 0.516. The number of amides is 1. The standard InChI is InChI=1S/C22H15ClF3NO3/c23-18-8-4-7-17(22(24,25)26)20(18)27-19(28)13-30-21(29)16-11-9-15(10-12-16)14-5-2-1-3-6-14/h1-12H,13H2,(H,27,28). The summed E-state index contributed by atoms with van der Waals surface area (Å²) in [6, 6.07) is 19.2. The molecule has 0 spiro atoms. The third-order valence-electron chi connectivity index (χ3n) is 4.15. The van der Waals surface area contributed by atoms with Gasteiger partial charge in [0.25, 0.3) is 5.91 Å². The molecule has 0 aliphatic carbocycles. The Bertz CT molecular complexity index is 1050. The highest BCUT2D eigenvalue weighted by Crippen LogP contribution is 2.38. The second-order valence-corrected chi connectivity index (χ2v) is 6.64. The molecule has 0 aromatic heterocycles. The number of ether oxygens (including phenoxy) is 1. The van der Waals surface area contributed by atoms with Gasteiger partial charge in [0.2, 0.25) is 0 Å². The van der Waals surface area contributed by atoms with Crippen molar-refractivity contribution < 1.29 is 27.5 Å². The average molecular weight is 434 g/mol. The summed E-state index contributed by atoms with van der Waals surface area (Å²) in [5.74, 6) is -1.72. The van der Waals surface area contributed by atoms with Gasteiger partial charge in [-0.1, -0.05) is 60.1 Å². The Morgan fingerprint density at radius 3 is 2.13 bits per heavy atom. The molecule has 3 aromatic carbocycles. The molecule has 0 unspecified atom stereocenters.